The summed E-state index contributed by atoms with van der Waals surface area (Å²) in [4.78, 5) is 48.9. The number of nitro groups is 1. The second-order valence-corrected chi connectivity index (χ2v) is 7.64. The molecule has 0 bridgehead atoms. The first-order valence-electron chi connectivity index (χ1n) is 9.20. The van der Waals surface area contributed by atoms with Gasteiger partial charge in [0.1, 0.15) is 10.7 Å². The summed E-state index contributed by atoms with van der Waals surface area (Å²) in [5, 5.41) is 15.8. The van der Waals surface area contributed by atoms with Crippen LogP contribution in [0.3, 0.4) is 0 Å². The second-order valence-electron chi connectivity index (χ2n) is 6.72. The molecule has 1 fully saturated rings. The number of nitrogens with one attached hydrogen (secondary N) is 1. The van der Waals surface area contributed by atoms with Crippen LogP contribution in [0.15, 0.2) is 29.6 Å². The molecule has 1 aromatic carbocycles. The Labute approximate surface area is 175 Å². The van der Waals surface area contributed by atoms with Crippen molar-refractivity contribution in [2.75, 3.05) is 23.3 Å². The van der Waals surface area contributed by atoms with Crippen molar-refractivity contribution in [2.24, 2.45) is 5.73 Å². The Balaban J connectivity index is 1.70. The first kappa shape index (κ1) is 21.2. The molecule has 1 atom stereocenters. The van der Waals surface area contributed by atoms with E-state index in [9.17, 15) is 24.5 Å². The molecule has 11 heteroatoms. The van der Waals surface area contributed by atoms with Crippen LogP contribution in [-0.2, 0) is 9.53 Å². The number of primary amides is 1. The maximum absolute atomic E-state index is 12.4. The predicted octanol–water partition coefficient (Wildman–Crippen LogP) is 2.54. The molecule has 1 unspecified atom stereocenters. The van der Waals surface area contributed by atoms with E-state index in [0.29, 0.717) is 5.69 Å². The quantitative estimate of drug-likeness (QED) is 0.388. The Morgan fingerprint density at radius 1 is 1.27 bits per heavy atom. The Kier molecular flexibility index (Phi) is 6.31. The van der Waals surface area contributed by atoms with Gasteiger partial charge < -0.3 is 20.7 Å². The number of benzene rings is 1. The van der Waals surface area contributed by atoms with E-state index < -0.39 is 28.8 Å². The van der Waals surface area contributed by atoms with Gasteiger partial charge >= 0.3 is 5.97 Å². The molecule has 2 aromatic rings. The second kappa shape index (κ2) is 8.91. The van der Waals surface area contributed by atoms with Crippen molar-refractivity contribution in [3.8, 4) is 0 Å². The molecule has 30 heavy (non-hydrogen) atoms. The third-order valence-electron chi connectivity index (χ3n) is 4.68. The van der Waals surface area contributed by atoms with Gasteiger partial charge in [0, 0.05) is 19.2 Å². The molecule has 1 aromatic heterocycles. The van der Waals surface area contributed by atoms with Gasteiger partial charge in [0.15, 0.2) is 6.10 Å². The summed E-state index contributed by atoms with van der Waals surface area (Å²) in [6, 6.07) is 5.60. The Morgan fingerprint density at radius 3 is 2.60 bits per heavy atom. The summed E-state index contributed by atoms with van der Waals surface area (Å²) >= 11 is 1.10. The lowest BCUT2D eigenvalue weighted by atomic mass is 10.1. The molecule has 1 aliphatic rings. The maximum atomic E-state index is 12.4. The van der Waals surface area contributed by atoms with Gasteiger partial charge in [-0.2, -0.15) is 0 Å². The monoisotopic (exact) mass is 432 g/mol. The number of hydrogen-bond donors (Lipinski definition) is 2. The minimum atomic E-state index is -1.20. The van der Waals surface area contributed by atoms with E-state index in [4.69, 9.17) is 10.5 Å². The SMILES string of the molecule is CC(OC(=O)c1ccc(N2CCCC2)c([N+](=O)[O-])c1)C(=O)Nc1sccc1C(N)=O. The van der Waals surface area contributed by atoms with Crippen LogP contribution >= 0.6 is 11.3 Å². The number of ether oxygens (including phenoxy) is 1. The third-order valence-corrected chi connectivity index (χ3v) is 5.50. The highest BCUT2D eigenvalue weighted by Gasteiger charge is 2.26. The predicted molar refractivity (Wildman–Crippen MR) is 111 cm³/mol. The van der Waals surface area contributed by atoms with Crippen LogP contribution in [0.2, 0.25) is 0 Å². The van der Waals surface area contributed by atoms with Gasteiger partial charge in [-0.3, -0.25) is 19.7 Å². The fourth-order valence-electron chi connectivity index (χ4n) is 3.12. The number of hydrogen-bond acceptors (Lipinski definition) is 8. The minimum absolute atomic E-state index is 0.0294. The molecule has 2 heterocycles. The molecule has 158 valence electrons. The van der Waals surface area contributed by atoms with Gasteiger partial charge in [-0.25, -0.2) is 4.79 Å². The number of esters is 1. The van der Waals surface area contributed by atoms with E-state index in [1.54, 1.807) is 5.38 Å². The average molecular weight is 432 g/mol. The van der Waals surface area contributed by atoms with Crippen molar-refractivity contribution in [3.05, 3.63) is 50.9 Å². The van der Waals surface area contributed by atoms with Crippen LogP contribution in [0, 0.1) is 10.1 Å². The van der Waals surface area contributed by atoms with E-state index in [2.05, 4.69) is 5.32 Å². The molecular formula is C19H20N4O6S. The van der Waals surface area contributed by atoms with Crippen molar-refractivity contribution in [1.82, 2.24) is 0 Å². The average Bonchev–Trinajstić information content (AvgIpc) is 3.39. The van der Waals surface area contributed by atoms with Gasteiger partial charge in [0.2, 0.25) is 0 Å². The Bertz CT molecular complexity index is 999. The minimum Gasteiger partial charge on any atom is -0.449 e. The van der Waals surface area contributed by atoms with E-state index in [1.165, 1.54) is 25.1 Å². The van der Waals surface area contributed by atoms with Crippen LogP contribution in [-0.4, -0.2) is 41.9 Å². The molecule has 10 nitrogen and oxygen atoms in total. The molecule has 3 rings (SSSR count). The number of nitrogens with two attached hydrogens (primary N) is 1. The van der Waals surface area contributed by atoms with Gasteiger partial charge in [-0.05, 0) is 43.3 Å². The lowest BCUT2D eigenvalue weighted by molar-refractivity contribution is -0.384. The van der Waals surface area contributed by atoms with Crippen LogP contribution in [0.4, 0.5) is 16.4 Å². The number of nitro benzene ring substituents is 1. The highest BCUT2D eigenvalue weighted by molar-refractivity contribution is 7.14. The van der Waals surface area contributed by atoms with Crippen LogP contribution in [0.5, 0.6) is 0 Å². The van der Waals surface area contributed by atoms with Crippen molar-refractivity contribution < 1.29 is 24.0 Å². The van der Waals surface area contributed by atoms with Gasteiger partial charge in [0.05, 0.1) is 16.1 Å². The zero-order valence-electron chi connectivity index (χ0n) is 16.1. The Morgan fingerprint density at radius 2 is 1.97 bits per heavy atom. The largest absolute Gasteiger partial charge is 0.449 e. The van der Waals surface area contributed by atoms with E-state index in [1.807, 2.05) is 4.90 Å². The number of carbonyl (C=O) groups excluding carboxylic acids is 3. The zero-order valence-corrected chi connectivity index (χ0v) is 16.9. The molecule has 3 N–H and O–H groups in total. The molecule has 0 saturated carbocycles. The maximum Gasteiger partial charge on any atom is 0.339 e. The standard InChI is InChI=1S/C19H20N4O6S/c1-11(17(25)21-18-13(16(20)24)6-9-30-18)29-19(26)12-4-5-14(15(10-12)23(27)28)22-7-2-3-8-22/h4-6,9-11H,2-3,7-8H2,1H3,(H2,20,24)(H,21,25). The fourth-order valence-corrected chi connectivity index (χ4v) is 3.91. The van der Waals surface area contributed by atoms with E-state index in [-0.39, 0.29) is 21.8 Å². The lowest BCUT2D eigenvalue weighted by Gasteiger charge is -2.18. The number of rotatable bonds is 7. The zero-order chi connectivity index (χ0) is 21.8. The van der Waals surface area contributed by atoms with Crippen molar-refractivity contribution in [1.29, 1.82) is 0 Å². The summed E-state index contributed by atoms with van der Waals surface area (Å²) in [5.74, 6) is -2.21. The molecule has 1 saturated heterocycles. The number of nitrogens with zero attached hydrogens (tertiary/aromatic N) is 2. The van der Waals surface area contributed by atoms with Crippen molar-refractivity contribution in [2.45, 2.75) is 25.9 Å². The number of thiophene rings is 1. The van der Waals surface area contributed by atoms with Crippen LogP contribution in [0.25, 0.3) is 0 Å². The first-order chi connectivity index (χ1) is 14.3. The summed E-state index contributed by atoms with van der Waals surface area (Å²) in [6.45, 7) is 2.80. The molecule has 2 amide bonds. The molecule has 0 spiro atoms. The number of anilines is 2. The first-order valence-corrected chi connectivity index (χ1v) is 10.1. The molecule has 0 aliphatic carbocycles. The van der Waals surface area contributed by atoms with Crippen LogP contribution in [0.1, 0.15) is 40.5 Å². The van der Waals surface area contributed by atoms with E-state index >= 15 is 0 Å². The van der Waals surface area contributed by atoms with Gasteiger partial charge in [0.25, 0.3) is 17.5 Å². The lowest BCUT2D eigenvalue weighted by Crippen LogP contribution is -2.30. The van der Waals surface area contributed by atoms with Crippen molar-refractivity contribution >= 4 is 45.5 Å². The summed E-state index contributed by atoms with van der Waals surface area (Å²) in [7, 11) is 0. The number of amides is 2. The molecule has 1 aliphatic heterocycles. The van der Waals surface area contributed by atoms with Gasteiger partial charge in [-0.1, -0.05) is 0 Å². The third kappa shape index (κ3) is 4.57. The highest BCUT2D eigenvalue weighted by atomic mass is 32.1. The Hall–Kier alpha value is -3.47. The summed E-state index contributed by atoms with van der Waals surface area (Å²) in [5.41, 5.74) is 5.63. The van der Waals surface area contributed by atoms with Crippen LogP contribution < -0.4 is 16.0 Å². The summed E-state index contributed by atoms with van der Waals surface area (Å²) < 4.78 is 5.15. The highest BCUT2D eigenvalue weighted by Crippen LogP contribution is 2.32. The number of carbonyl (C=O) groups is 3. The summed E-state index contributed by atoms with van der Waals surface area (Å²) in [6.07, 6.45) is 0.711. The fraction of sp³-hybridized carbons (Fsp3) is 0.316. The normalized spacial score (nSPS) is 14.2. The molecule has 0 radical (unpaired) electrons. The van der Waals surface area contributed by atoms with Gasteiger partial charge in [-0.15, -0.1) is 11.3 Å². The van der Waals surface area contributed by atoms with Crippen molar-refractivity contribution in [3.63, 3.8) is 0 Å². The van der Waals surface area contributed by atoms with E-state index in [0.717, 1.165) is 43.3 Å². The molecular weight excluding hydrogens is 412 g/mol. The topological polar surface area (TPSA) is 145 Å². The smallest absolute Gasteiger partial charge is 0.339 e.